The Hall–Kier alpha value is -2.02. The van der Waals surface area contributed by atoms with E-state index < -0.39 is 0 Å². The standard InChI is InChI=1S/C16H17N/c1-3-12-17(13-4-2)16-11-7-9-14-8-5-6-10-15(14)16/h3-11H,1-2,12-13H2. The first-order valence-corrected chi connectivity index (χ1v) is 5.81. The lowest BCUT2D eigenvalue weighted by molar-refractivity contribution is 0.963. The summed E-state index contributed by atoms with van der Waals surface area (Å²) < 4.78 is 0. The quantitative estimate of drug-likeness (QED) is 0.692. The van der Waals surface area contributed by atoms with Gasteiger partial charge in [-0.15, -0.1) is 13.2 Å². The Morgan fingerprint density at radius 2 is 1.53 bits per heavy atom. The van der Waals surface area contributed by atoms with E-state index in [1.165, 1.54) is 16.5 Å². The lowest BCUT2D eigenvalue weighted by Gasteiger charge is -2.23. The topological polar surface area (TPSA) is 3.24 Å². The van der Waals surface area contributed by atoms with Crippen LogP contribution in [0.2, 0.25) is 0 Å². The van der Waals surface area contributed by atoms with E-state index in [-0.39, 0.29) is 0 Å². The summed E-state index contributed by atoms with van der Waals surface area (Å²) in [6, 6.07) is 14.8. The van der Waals surface area contributed by atoms with Crippen molar-refractivity contribution in [3.8, 4) is 0 Å². The number of nitrogens with zero attached hydrogens (tertiary/aromatic N) is 1. The second-order valence-corrected chi connectivity index (χ2v) is 3.98. The number of fused-ring (bicyclic) bond motifs is 1. The van der Waals surface area contributed by atoms with Gasteiger partial charge in [0.1, 0.15) is 0 Å². The molecule has 0 saturated carbocycles. The van der Waals surface area contributed by atoms with Crippen LogP contribution in [0.3, 0.4) is 0 Å². The van der Waals surface area contributed by atoms with Crippen LogP contribution in [-0.2, 0) is 0 Å². The summed E-state index contributed by atoms with van der Waals surface area (Å²) in [4.78, 5) is 2.27. The Balaban J connectivity index is 2.51. The van der Waals surface area contributed by atoms with Crippen LogP contribution in [0.5, 0.6) is 0 Å². The molecule has 0 amide bonds. The van der Waals surface area contributed by atoms with Crippen molar-refractivity contribution in [1.82, 2.24) is 0 Å². The fraction of sp³-hybridized carbons (Fsp3) is 0.125. The molecule has 0 unspecified atom stereocenters. The summed E-state index contributed by atoms with van der Waals surface area (Å²) >= 11 is 0. The molecule has 0 heterocycles. The first-order valence-electron chi connectivity index (χ1n) is 5.81. The Morgan fingerprint density at radius 1 is 0.882 bits per heavy atom. The molecule has 0 atom stereocenters. The first-order chi connectivity index (χ1) is 8.36. The highest BCUT2D eigenvalue weighted by atomic mass is 15.1. The summed E-state index contributed by atoms with van der Waals surface area (Å²) in [5.74, 6) is 0. The van der Waals surface area contributed by atoms with Gasteiger partial charge >= 0.3 is 0 Å². The molecule has 0 bridgehead atoms. The summed E-state index contributed by atoms with van der Waals surface area (Å²) in [6.45, 7) is 9.29. The number of benzene rings is 2. The minimum Gasteiger partial charge on any atom is -0.364 e. The van der Waals surface area contributed by atoms with Crippen molar-refractivity contribution >= 4 is 16.5 Å². The fourth-order valence-corrected chi connectivity index (χ4v) is 2.07. The summed E-state index contributed by atoms with van der Waals surface area (Å²) in [5, 5.41) is 2.54. The maximum atomic E-state index is 3.81. The number of rotatable bonds is 5. The van der Waals surface area contributed by atoms with Crippen LogP contribution in [0.1, 0.15) is 0 Å². The van der Waals surface area contributed by atoms with Gasteiger partial charge in [-0.05, 0) is 11.5 Å². The molecule has 2 aromatic rings. The highest BCUT2D eigenvalue weighted by Crippen LogP contribution is 2.26. The molecule has 0 radical (unpaired) electrons. The number of hydrogen-bond donors (Lipinski definition) is 0. The molecular weight excluding hydrogens is 206 g/mol. The van der Waals surface area contributed by atoms with Gasteiger partial charge in [0.2, 0.25) is 0 Å². The molecule has 0 aromatic heterocycles. The van der Waals surface area contributed by atoms with Crippen LogP contribution in [0.25, 0.3) is 10.8 Å². The first kappa shape index (κ1) is 11.5. The van der Waals surface area contributed by atoms with Gasteiger partial charge in [0.05, 0.1) is 0 Å². The predicted octanol–water partition coefficient (Wildman–Crippen LogP) is 4.02. The maximum Gasteiger partial charge on any atom is 0.0451 e. The van der Waals surface area contributed by atoms with E-state index in [0.29, 0.717) is 0 Å². The van der Waals surface area contributed by atoms with E-state index in [2.05, 4.69) is 60.5 Å². The van der Waals surface area contributed by atoms with Crippen LogP contribution >= 0.6 is 0 Å². The Kier molecular flexibility index (Phi) is 3.61. The second kappa shape index (κ2) is 5.35. The molecule has 86 valence electrons. The van der Waals surface area contributed by atoms with Gasteiger partial charge < -0.3 is 4.90 Å². The minimum atomic E-state index is 0.833. The van der Waals surface area contributed by atoms with Crippen LogP contribution in [0.15, 0.2) is 67.8 Å². The average molecular weight is 223 g/mol. The average Bonchev–Trinajstić information content (AvgIpc) is 2.38. The molecule has 0 aliphatic rings. The molecule has 2 aromatic carbocycles. The van der Waals surface area contributed by atoms with Crippen molar-refractivity contribution in [1.29, 1.82) is 0 Å². The molecule has 17 heavy (non-hydrogen) atoms. The van der Waals surface area contributed by atoms with Crippen molar-refractivity contribution in [3.05, 3.63) is 67.8 Å². The molecule has 1 nitrogen and oxygen atoms in total. The molecule has 2 rings (SSSR count). The Bertz CT molecular complexity index is 513. The minimum absolute atomic E-state index is 0.833. The third-order valence-corrected chi connectivity index (χ3v) is 2.81. The molecule has 1 heteroatoms. The fourth-order valence-electron chi connectivity index (χ4n) is 2.07. The third kappa shape index (κ3) is 2.39. The molecule has 0 N–H and O–H groups in total. The van der Waals surface area contributed by atoms with Gasteiger partial charge in [0, 0.05) is 24.2 Å². The van der Waals surface area contributed by atoms with Gasteiger partial charge in [-0.2, -0.15) is 0 Å². The van der Waals surface area contributed by atoms with E-state index >= 15 is 0 Å². The predicted molar refractivity (Wildman–Crippen MR) is 76.6 cm³/mol. The maximum absolute atomic E-state index is 3.81. The zero-order valence-corrected chi connectivity index (χ0v) is 9.97. The summed E-state index contributed by atoms with van der Waals surface area (Å²) in [7, 11) is 0. The van der Waals surface area contributed by atoms with Crippen LogP contribution in [0.4, 0.5) is 5.69 Å². The highest BCUT2D eigenvalue weighted by molar-refractivity contribution is 5.94. The van der Waals surface area contributed by atoms with Crippen molar-refractivity contribution in [2.45, 2.75) is 0 Å². The van der Waals surface area contributed by atoms with Gasteiger partial charge in [-0.1, -0.05) is 48.6 Å². The molecule has 0 spiro atoms. The number of hydrogen-bond acceptors (Lipinski definition) is 1. The van der Waals surface area contributed by atoms with E-state index in [9.17, 15) is 0 Å². The van der Waals surface area contributed by atoms with E-state index in [4.69, 9.17) is 0 Å². The van der Waals surface area contributed by atoms with Crippen LogP contribution in [0, 0.1) is 0 Å². The van der Waals surface area contributed by atoms with Crippen molar-refractivity contribution in [2.75, 3.05) is 18.0 Å². The Labute approximate surface area is 103 Å². The Morgan fingerprint density at radius 3 is 2.24 bits per heavy atom. The van der Waals surface area contributed by atoms with Crippen LogP contribution in [-0.4, -0.2) is 13.1 Å². The molecule has 0 aliphatic heterocycles. The largest absolute Gasteiger partial charge is 0.364 e. The molecule has 0 fully saturated rings. The van der Waals surface area contributed by atoms with E-state index in [1.54, 1.807) is 0 Å². The van der Waals surface area contributed by atoms with Gasteiger partial charge in [-0.3, -0.25) is 0 Å². The smallest absolute Gasteiger partial charge is 0.0451 e. The number of anilines is 1. The lowest BCUT2D eigenvalue weighted by Crippen LogP contribution is -2.23. The van der Waals surface area contributed by atoms with E-state index in [1.807, 2.05) is 12.2 Å². The van der Waals surface area contributed by atoms with Crippen molar-refractivity contribution < 1.29 is 0 Å². The molecule has 0 aliphatic carbocycles. The normalized spacial score (nSPS) is 10.1. The van der Waals surface area contributed by atoms with E-state index in [0.717, 1.165) is 13.1 Å². The summed E-state index contributed by atoms with van der Waals surface area (Å²) in [5.41, 5.74) is 1.24. The highest BCUT2D eigenvalue weighted by Gasteiger charge is 2.06. The molecule has 0 saturated heterocycles. The monoisotopic (exact) mass is 223 g/mol. The SMILES string of the molecule is C=CCN(CC=C)c1cccc2ccccc12. The van der Waals surface area contributed by atoms with Gasteiger partial charge in [0.25, 0.3) is 0 Å². The zero-order chi connectivity index (χ0) is 12.1. The van der Waals surface area contributed by atoms with Gasteiger partial charge in [0.15, 0.2) is 0 Å². The third-order valence-electron chi connectivity index (χ3n) is 2.81. The second-order valence-electron chi connectivity index (χ2n) is 3.98. The lowest BCUT2D eigenvalue weighted by atomic mass is 10.1. The molecular formula is C16H17N. The summed E-state index contributed by atoms with van der Waals surface area (Å²) in [6.07, 6.45) is 3.84. The zero-order valence-electron chi connectivity index (χ0n) is 9.97. The van der Waals surface area contributed by atoms with Gasteiger partial charge in [-0.25, -0.2) is 0 Å². The van der Waals surface area contributed by atoms with Crippen molar-refractivity contribution in [2.24, 2.45) is 0 Å². The van der Waals surface area contributed by atoms with Crippen LogP contribution < -0.4 is 4.90 Å². The van der Waals surface area contributed by atoms with Crippen molar-refractivity contribution in [3.63, 3.8) is 0 Å².